The molecular formula is C10H17N3O2. The molecule has 0 aromatic rings. The first-order chi connectivity index (χ1) is 7.20. The zero-order chi connectivity index (χ0) is 10.9. The molecule has 1 amide bonds. The standard InChI is InChI=1S/C10H17N3O2/c1-3-7-6-10(4-5-15-7)8(14)12-9(11-2)13-10/h7H,3-6H2,1-2H3,(H2,11,12,13,14). The highest BCUT2D eigenvalue weighted by Gasteiger charge is 2.48. The van der Waals surface area contributed by atoms with Gasteiger partial charge in [-0.1, -0.05) is 6.92 Å². The minimum Gasteiger partial charge on any atom is -0.378 e. The third kappa shape index (κ3) is 1.71. The number of hydrogen-bond donors (Lipinski definition) is 2. The van der Waals surface area contributed by atoms with Crippen molar-refractivity contribution in [3.05, 3.63) is 0 Å². The maximum atomic E-state index is 11.9. The number of hydrogen-bond acceptors (Lipinski definition) is 3. The Balaban J connectivity index is 2.16. The van der Waals surface area contributed by atoms with E-state index in [2.05, 4.69) is 22.5 Å². The van der Waals surface area contributed by atoms with E-state index in [1.807, 2.05) is 0 Å². The highest BCUT2D eigenvalue weighted by molar-refractivity contribution is 6.09. The summed E-state index contributed by atoms with van der Waals surface area (Å²) in [5.74, 6) is 0.613. The Morgan fingerprint density at radius 2 is 2.47 bits per heavy atom. The van der Waals surface area contributed by atoms with Gasteiger partial charge in [0.25, 0.3) is 5.91 Å². The van der Waals surface area contributed by atoms with Crippen molar-refractivity contribution in [1.29, 1.82) is 0 Å². The zero-order valence-electron chi connectivity index (χ0n) is 9.17. The molecule has 0 aromatic heterocycles. The van der Waals surface area contributed by atoms with Gasteiger partial charge in [-0.25, -0.2) is 0 Å². The maximum absolute atomic E-state index is 11.9. The van der Waals surface area contributed by atoms with Crippen LogP contribution in [0.15, 0.2) is 4.99 Å². The smallest absolute Gasteiger partial charge is 0.252 e. The van der Waals surface area contributed by atoms with Crippen LogP contribution in [0.4, 0.5) is 0 Å². The molecule has 2 N–H and O–H groups in total. The van der Waals surface area contributed by atoms with E-state index in [0.29, 0.717) is 19.0 Å². The van der Waals surface area contributed by atoms with Crippen molar-refractivity contribution < 1.29 is 9.53 Å². The molecule has 15 heavy (non-hydrogen) atoms. The van der Waals surface area contributed by atoms with Crippen LogP contribution in [0.2, 0.25) is 0 Å². The quantitative estimate of drug-likeness (QED) is 0.642. The maximum Gasteiger partial charge on any atom is 0.252 e. The van der Waals surface area contributed by atoms with Gasteiger partial charge in [0.05, 0.1) is 6.10 Å². The largest absolute Gasteiger partial charge is 0.378 e. The Hall–Kier alpha value is -1.10. The van der Waals surface area contributed by atoms with Crippen molar-refractivity contribution in [3.63, 3.8) is 0 Å². The number of nitrogens with one attached hydrogen (secondary N) is 2. The molecular weight excluding hydrogens is 194 g/mol. The fraction of sp³-hybridized carbons (Fsp3) is 0.800. The third-order valence-electron chi connectivity index (χ3n) is 3.16. The molecule has 5 nitrogen and oxygen atoms in total. The Morgan fingerprint density at radius 1 is 1.67 bits per heavy atom. The normalized spacial score (nSPS) is 38.1. The Morgan fingerprint density at radius 3 is 3.07 bits per heavy atom. The van der Waals surface area contributed by atoms with Gasteiger partial charge in [0.1, 0.15) is 5.54 Å². The highest BCUT2D eigenvalue weighted by atomic mass is 16.5. The van der Waals surface area contributed by atoms with E-state index in [1.54, 1.807) is 7.05 Å². The fourth-order valence-corrected chi connectivity index (χ4v) is 2.19. The molecule has 2 aliphatic heterocycles. The van der Waals surface area contributed by atoms with Crippen LogP contribution in [0, 0.1) is 0 Å². The van der Waals surface area contributed by atoms with Gasteiger partial charge >= 0.3 is 0 Å². The lowest BCUT2D eigenvalue weighted by Gasteiger charge is -2.35. The summed E-state index contributed by atoms with van der Waals surface area (Å²) < 4.78 is 5.57. The summed E-state index contributed by atoms with van der Waals surface area (Å²) in [7, 11) is 1.66. The predicted molar refractivity (Wildman–Crippen MR) is 56.6 cm³/mol. The summed E-state index contributed by atoms with van der Waals surface area (Å²) in [6.45, 7) is 2.71. The Kier molecular flexibility index (Phi) is 2.65. The summed E-state index contributed by atoms with van der Waals surface area (Å²) in [6, 6.07) is 0. The number of ether oxygens (including phenoxy) is 1. The van der Waals surface area contributed by atoms with Gasteiger partial charge < -0.3 is 10.1 Å². The molecule has 84 valence electrons. The molecule has 0 aromatic carbocycles. The molecule has 0 aliphatic carbocycles. The Labute approximate surface area is 89.3 Å². The molecule has 2 unspecified atom stereocenters. The molecule has 0 bridgehead atoms. The number of aliphatic imine (C=N–C) groups is 1. The van der Waals surface area contributed by atoms with Gasteiger partial charge in [-0.2, -0.15) is 0 Å². The van der Waals surface area contributed by atoms with E-state index in [-0.39, 0.29) is 12.0 Å². The molecule has 0 radical (unpaired) electrons. The second-order valence-electron chi connectivity index (χ2n) is 4.09. The third-order valence-corrected chi connectivity index (χ3v) is 3.16. The highest BCUT2D eigenvalue weighted by Crippen LogP contribution is 2.28. The second-order valence-corrected chi connectivity index (χ2v) is 4.09. The number of nitrogens with zero attached hydrogens (tertiary/aromatic N) is 1. The zero-order valence-corrected chi connectivity index (χ0v) is 9.17. The molecule has 2 atom stereocenters. The van der Waals surface area contributed by atoms with Crippen molar-refractivity contribution in [2.24, 2.45) is 4.99 Å². The molecule has 2 saturated heterocycles. The molecule has 5 heteroatoms. The summed E-state index contributed by atoms with van der Waals surface area (Å²) >= 11 is 0. The molecule has 2 fully saturated rings. The summed E-state index contributed by atoms with van der Waals surface area (Å²) in [4.78, 5) is 15.8. The average molecular weight is 211 g/mol. The van der Waals surface area contributed by atoms with E-state index in [4.69, 9.17) is 4.74 Å². The summed E-state index contributed by atoms with van der Waals surface area (Å²) in [6.07, 6.45) is 2.56. The van der Waals surface area contributed by atoms with Crippen LogP contribution in [-0.2, 0) is 9.53 Å². The van der Waals surface area contributed by atoms with Crippen LogP contribution in [-0.4, -0.2) is 37.2 Å². The van der Waals surface area contributed by atoms with Gasteiger partial charge in [-0.15, -0.1) is 0 Å². The second kappa shape index (κ2) is 3.81. The molecule has 2 heterocycles. The average Bonchev–Trinajstić information content (AvgIpc) is 2.56. The van der Waals surface area contributed by atoms with Crippen LogP contribution in [0.25, 0.3) is 0 Å². The number of carbonyl (C=O) groups is 1. The lowest BCUT2D eigenvalue weighted by Crippen LogP contribution is -2.53. The fourth-order valence-electron chi connectivity index (χ4n) is 2.19. The summed E-state index contributed by atoms with van der Waals surface area (Å²) in [5.41, 5.74) is -0.478. The minimum absolute atomic E-state index is 0.0323. The van der Waals surface area contributed by atoms with Crippen molar-refractivity contribution in [2.45, 2.75) is 37.8 Å². The molecule has 2 aliphatic rings. The van der Waals surface area contributed by atoms with E-state index in [0.717, 1.165) is 12.8 Å². The lowest BCUT2D eigenvalue weighted by molar-refractivity contribution is -0.129. The first-order valence-corrected chi connectivity index (χ1v) is 5.38. The van der Waals surface area contributed by atoms with Crippen LogP contribution in [0.5, 0.6) is 0 Å². The number of carbonyl (C=O) groups excluding carboxylic acids is 1. The van der Waals surface area contributed by atoms with Gasteiger partial charge in [0, 0.05) is 26.5 Å². The van der Waals surface area contributed by atoms with Crippen molar-refractivity contribution in [1.82, 2.24) is 10.6 Å². The van der Waals surface area contributed by atoms with Gasteiger partial charge in [-0.05, 0) is 6.42 Å². The first-order valence-electron chi connectivity index (χ1n) is 5.38. The van der Waals surface area contributed by atoms with Crippen LogP contribution in [0.3, 0.4) is 0 Å². The van der Waals surface area contributed by atoms with Crippen molar-refractivity contribution in [3.8, 4) is 0 Å². The number of amides is 1. The molecule has 2 rings (SSSR count). The van der Waals surface area contributed by atoms with Crippen LogP contribution in [0.1, 0.15) is 26.2 Å². The van der Waals surface area contributed by atoms with Crippen LogP contribution >= 0.6 is 0 Å². The van der Waals surface area contributed by atoms with Gasteiger partial charge in [0.15, 0.2) is 5.96 Å². The first kappa shape index (κ1) is 10.4. The predicted octanol–water partition coefficient (Wildman–Crippen LogP) is 0.0194. The SMILES string of the molecule is CCC1CC2(CCO1)NC(=NC)NC2=O. The topological polar surface area (TPSA) is 62.7 Å². The van der Waals surface area contributed by atoms with Gasteiger partial charge in [-0.3, -0.25) is 15.1 Å². The van der Waals surface area contributed by atoms with Gasteiger partial charge in [0.2, 0.25) is 0 Å². The van der Waals surface area contributed by atoms with Crippen LogP contribution < -0.4 is 10.6 Å². The minimum atomic E-state index is -0.478. The van der Waals surface area contributed by atoms with E-state index < -0.39 is 5.54 Å². The molecule has 0 saturated carbocycles. The monoisotopic (exact) mass is 211 g/mol. The summed E-state index contributed by atoms with van der Waals surface area (Å²) in [5, 5.41) is 5.93. The van der Waals surface area contributed by atoms with Crippen molar-refractivity contribution in [2.75, 3.05) is 13.7 Å². The van der Waals surface area contributed by atoms with E-state index in [9.17, 15) is 4.79 Å². The number of rotatable bonds is 1. The van der Waals surface area contributed by atoms with Crippen molar-refractivity contribution >= 4 is 11.9 Å². The van der Waals surface area contributed by atoms with E-state index >= 15 is 0 Å². The lowest BCUT2D eigenvalue weighted by atomic mass is 9.86. The number of guanidine groups is 1. The Bertz CT molecular complexity index is 303. The van der Waals surface area contributed by atoms with E-state index in [1.165, 1.54) is 0 Å². The molecule has 1 spiro atoms.